The predicted molar refractivity (Wildman–Crippen MR) is 133 cm³/mol. The number of hydrogen-bond acceptors (Lipinski definition) is 0. The van der Waals surface area contributed by atoms with E-state index in [9.17, 15) is 0 Å². The van der Waals surface area contributed by atoms with E-state index in [1.165, 1.54) is 47.1 Å². The third kappa shape index (κ3) is 4.08. The van der Waals surface area contributed by atoms with Crippen molar-refractivity contribution in [1.82, 2.24) is 0 Å². The molecule has 0 nitrogen and oxygen atoms in total. The SMILES string of the molecule is CCCC(CC)c1ccc(C(c2ccccc2)(c2ccccc2)c2ccccc2)cc1. The van der Waals surface area contributed by atoms with Gasteiger partial charge in [0, 0.05) is 0 Å². The first-order valence-electron chi connectivity index (χ1n) is 11.6. The lowest BCUT2D eigenvalue weighted by atomic mass is 9.65. The molecule has 1 atom stereocenters. The summed E-state index contributed by atoms with van der Waals surface area (Å²) in [5.74, 6) is 0.638. The van der Waals surface area contributed by atoms with Crippen molar-refractivity contribution in [2.45, 2.75) is 44.4 Å². The maximum Gasteiger partial charge on any atom is 0.0701 e. The van der Waals surface area contributed by atoms with Crippen LogP contribution in [0, 0.1) is 0 Å². The zero-order chi connectivity index (χ0) is 21.5. The van der Waals surface area contributed by atoms with Gasteiger partial charge >= 0.3 is 0 Å². The van der Waals surface area contributed by atoms with E-state index >= 15 is 0 Å². The van der Waals surface area contributed by atoms with Crippen LogP contribution in [-0.4, -0.2) is 0 Å². The highest BCUT2D eigenvalue weighted by Gasteiger charge is 2.38. The van der Waals surface area contributed by atoms with E-state index in [0.717, 1.165) is 0 Å². The molecule has 31 heavy (non-hydrogen) atoms. The predicted octanol–water partition coefficient (Wildman–Crippen LogP) is 8.36. The Hall–Kier alpha value is -3.12. The van der Waals surface area contributed by atoms with Gasteiger partial charge in [-0.15, -0.1) is 0 Å². The van der Waals surface area contributed by atoms with Crippen molar-refractivity contribution in [1.29, 1.82) is 0 Å². The fourth-order valence-electron chi connectivity index (χ4n) is 5.02. The summed E-state index contributed by atoms with van der Waals surface area (Å²) in [4.78, 5) is 0. The third-order valence-corrected chi connectivity index (χ3v) is 6.57. The van der Waals surface area contributed by atoms with Gasteiger partial charge in [0.15, 0.2) is 0 Å². The topological polar surface area (TPSA) is 0 Å². The Morgan fingerprint density at radius 2 is 0.903 bits per heavy atom. The van der Waals surface area contributed by atoms with Gasteiger partial charge in [0.1, 0.15) is 0 Å². The number of rotatable bonds is 8. The molecule has 0 N–H and O–H groups in total. The summed E-state index contributed by atoms with van der Waals surface area (Å²) in [5.41, 5.74) is 6.29. The lowest BCUT2D eigenvalue weighted by Crippen LogP contribution is -2.31. The average molecular weight is 405 g/mol. The van der Waals surface area contributed by atoms with Crippen LogP contribution in [0.1, 0.15) is 66.8 Å². The largest absolute Gasteiger partial charge is 0.0701 e. The molecule has 0 fully saturated rings. The Kier molecular flexibility index (Phi) is 6.67. The molecule has 0 amide bonds. The molecule has 0 radical (unpaired) electrons. The summed E-state index contributed by atoms with van der Waals surface area (Å²) in [5, 5.41) is 0. The number of hydrogen-bond donors (Lipinski definition) is 0. The third-order valence-electron chi connectivity index (χ3n) is 6.57. The smallest absolute Gasteiger partial charge is 0.0654 e. The molecule has 0 saturated heterocycles. The summed E-state index contributed by atoms with van der Waals surface area (Å²) in [6.45, 7) is 4.58. The minimum atomic E-state index is -0.352. The van der Waals surface area contributed by atoms with Gasteiger partial charge in [0.05, 0.1) is 5.41 Å². The van der Waals surface area contributed by atoms with Gasteiger partial charge in [0.25, 0.3) is 0 Å². The van der Waals surface area contributed by atoms with E-state index in [4.69, 9.17) is 0 Å². The van der Waals surface area contributed by atoms with Gasteiger partial charge in [-0.05, 0) is 46.6 Å². The summed E-state index contributed by atoms with van der Waals surface area (Å²) in [6, 6.07) is 42.2. The van der Waals surface area contributed by atoms with Gasteiger partial charge in [-0.3, -0.25) is 0 Å². The van der Waals surface area contributed by atoms with E-state index in [1.54, 1.807) is 0 Å². The first kappa shape index (κ1) is 21.1. The molecule has 4 aromatic carbocycles. The standard InChI is InChI=1S/C31H32/c1-3-14-25(4-2)26-21-23-30(24-22-26)31(27-15-8-5-9-16-27,28-17-10-6-11-18-28)29-19-12-7-13-20-29/h5-13,15-25H,3-4,14H2,1-2H3. The average Bonchev–Trinajstić information content (AvgIpc) is 2.86. The lowest BCUT2D eigenvalue weighted by molar-refractivity contribution is 0.595. The highest BCUT2D eigenvalue weighted by molar-refractivity contribution is 5.59. The van der Waals surface area contributed by atoms with Crippen molar-refractivity contribution in [2.75, 3.05) is 0 Å². The molecule has 0 heteroatoms. The maximum absolute atomic E-state index is 2.36. The van der Waals surface area contributed by atoms with Crippen LogP contribution in [0.5, 0.6) is 0 Å². The van der Waals surface area contributed by atoms with Gasteiger partial charge < -0.3 is 0 Å². The molecule has 0 aliphatic rings. The zero-order valence-electron chi connectivity index (χ0n) is 18.7. The molecule has 0 heterocycles. The molecule has 0 saturated carbocycles. The van der Waals surface area contributed by atoms with Crippen LogP contribution >= 0.6 is 0 Å². The van der Waals surface area contributed by atoms with Crippen molar-refractivity contribution in [3.8, 4) is 0 Å². The van der Waals surface area contributed by atoms with Crippen molar-refractivity contribution in [3.63, 3.8) is 0 Å². The summed E-state index contributed by atoms with van der Waals surface area (Å²) in [7, 11) is 0. The van der Waals surface area contributed by atoms with Crippen LogP contribution in [0.15, 0.2) is 115 Å². The molecule has 4 aromatic rings. The van der Waals surface area contributed by atoms with E-state index in [2.05, 4.69) is 129 Å². The van der Waals surface area contributed by atoms with E-state index in [1.807, 2.05) is 0 Å². The van der Waals surface area contributed by atoms with E-state index < -0.39 is 0 Å². The molecule has 0 aliphatic heterocycles. The van der Waals surface area contributed by atoms with E-state index in [-0.39, 0.29) is 5.41 Å². The van der Waals surface area contributed by atoms with Crippen LogP contribution in [0.25, 0.3) is 0 Å². The second kappa shape index (κ2) is 9.79. The maximum atomic E-state index is 2.36. The van der Waals surface area contributed by atoms with Crippen molar-refractivity contribution in [2.24, 2.45) is 0 Å². The Morgan fingerprint density at radius 1 is 0.516 bits per heavy atom. The van der Waals surface area contributed by atoms with Crippen LogP contribution < -0.4 is 0 Å². The molecule has 0 aromatic heterocycles. The molecule has 0 spiro atoms. The number of benzene rings is 4. The quantitative estimate of drug-likeness (QED) is 0.259. The summed E-state index contributed by atoms with van der Waals surface area (Å²) >= 11 is 0. The second-order valence-corrected chi connectivity index (χ2v) is 8.36. The van der Waals surface area contributed by atoms with Crippen LogP contribution in [-0.2, 0) is 5.41 Å². The van der Waals surface area contributed by atoms with Gasteiger partial charge in [0.2, 0.25) is 0 Å². The Labute approximate surface area is 187 Å². The van der Waals surface area contributed by atoms with Gasteiger partial charge in [-0.1, -0.05) is 136 Å². The monoisotopic (exact) mass is 404 g/mol. The Morgan fingerprint density at radius 3 is 1.26 bits per heavy atom. The highest BCUT2D eigenvalue weighted by atomic mass is 14.4. The molecule has 1 unspecified atom stereocenters. The van der Waals surface area contributed by atoms with Crippen molar-refractivity contribution < 1.29 is 0 Å². The summed E-state index contributed by atoms with van der Waals surface area (Å²) in [6.07, 6.45) is 3.66. The normalized spacial score (nSPS) is 12.5. The Bertz CT molecular complexity index is 951. The van der Waals surface area contributed by atoms with Crippen LogP contribution in [0.2, 0.25) is 0 Å². The first-order valence-corrected chi connectivity index (χ1v) is 11.6. The van der Waals surface area contributed by atoms with Crippen LogP contribution in [0.4, 0.5) is 0 Å². The minimum Gasteiger partial charge on any atom is -0.0654 e. The van der Waals surface area contributed by atoms with Crippen molar-refractivity contribution >= 4 is 0 Å². The van der Waals surface area contributed by atoms with Crippen molar-refractivity contribution in [3.05, 3.63) is 143 Å². The molecular weight excluding hydrogens is 372 g/mol. The van der Waals surface area contributed by atoms with Gasteiger partial charge in [-0.25, -0.2) is 0 Å². The summed E-state index contributed by atoms with van der Waals surface area (Å²) < 4.78 is 0. The second-order valence-electron chi connectivity index (χ2n) is 8.36. The zero-order valence-corrected chi connectivity index (χ0v) is 18.7. The fourth-order valence-corrected chi connectivity index (χ4v) is 5.02. The van der Waals surface area contributed by atoms with E-state index in [0.29, 0.717) is 5.92 Å². The molecule has 4 rings (SSSR count). The molecule has 156 valence electrons. The fraction of sp³-hybridized carbons (Fsp3) is 0.226. The van der Waals surface area contributed by atoms with Gasteiger partial charge in [-0.2, -0.15) is 0 Å². The highest BCUT2D eigenvalue weighted by Crippen LogP contribution is 2.45. The first-order chi connectivity index (χ1) is 15.3. The minimum absolute atomic E-state index is 0.352. The Balaban J connectivity index is 1.97. The van der Waals surface area contributed by atoms with Crippen LogP contribution in [0.3, 0.4) is 0 Å². The molecule has 0 bridgehead atoms. The lowest BCUT2D eigenvalue weighted by Gasteiger charge is -2.37. The molecule has 0 aliphatic carbocycles. The molecular formula is C31H32.